The van der Waals surface area contributed by atoms with E-state index in [1.165, 1.54) is 0 Å². The number of rotatable bonds is 1. The maximum absolute atomic E-state index is 3.98. The highest BCUT2D eigenvalue weighted by molar-refractivity contribution is 7.07. The molecule has 0 radical (unpaired) electrons. The number of aromatic nitrogens is 1. The maximum atomic E-state index is 3.98. The van der Waals surface area contributed by atoms with Crippen LogP contribution in [-0.4, -0.2) is 4.98 Å². The second-order valence-corrected chi connectivity index (χ2v) is 3.07. The van der Waals surface area contributed by atoms with E-state index in [-0.39, 0.29) is 0 Å². The SMILES string of the molecule is C=Cc1ccccn1.c1ccsc1. The first-order valence-electron chi connectivity index (χ1n) is 3.94. The largest absolute Gasteiger partial charge is 0.257 e. The topological polar surface area (TPSA) is 12.9 Å². The first kappa shape index (κ1) is 9.68. The van der Waals surface area contributed by atoms with Crippen LogP contribution in [0.15, 0.2) is 53.9 Å². The van der Waals surface area contributed by atoms with Crippen molar-refractivity contribution in [3.05, 3.63) is 59.6 Å². The van der Waals surface area contributed by atoms with Gasteiger partial charge in [-0.25, -0.2) is 0 Å². The van der Waals surface area contributed by atoms with E-state index in [4.69, 9.17) is 0 Å². The van der Waals surface area contributed by atoms with Gasteiger partial charge >= 0.3 is 0 Å². The summed E-state index contributed by atoms with van der Waals surface area (Å²) < 4.78 is 0. The first-order valence-corrected chi connectivity index (χ1v) is 4.88. The molecule has 66 valence electrons. The third kappa shape index (κ3) is 4.23. The molecule has 0 saturated heterocycles. The minimum absolute atomic E-state index is 0.924. The highest BCUT2D eigenvalue weighted by Crippen LogP contribution is 1.92. The molecule has 0 atom stereocenters. The summed E-state index contributed by atoms with van der Waals surface area (Å²) >= 11 is 1.71. The van der Waals surface area contributed by atoms with Crippen LogP contribution in [0, 0.1) is 0 Å². The predicted molar refractivity (Wildman–Crippen MR) is 58.6 cm³/mol. The number of thiophene rings is 1. The standard InChI is InChI=1S/C7H7N.C4H4S/c1-2-7-5-3-4-6-8-7;1-2-4-5-3-1/h2-6H,1H2;1-4H. The van der Waals surface area contributed by atoms with E-state index in [0.29, 0.717) is 0 Å². The van der Waals surface area contributed by atoms with Crippen molar-refractivity contribution in [2.24, 2.45) is 0 Å². The lowest BCUT2D eigenvalue weighted by atomic mass is 10.4. The average molecular weight is 189 g/mol. The van der Waals surface area contributed by atoms with Gasteiger partial charge in [0, 0.05) is 6.20 Å². The van der Waals surface area contributed by atoms with Gasteiger partial charge in [0.1, 0.15) is 0 Å². The van der Waals surface area contributed by atoms with Crippen molar-refractivity contribution in [2.75, 3.05) is 0 Å². The molecule has 0 aliphatic carbocycles. The molecule has 0 aliphatic heterocycles. The number of hydrogen-bond acceptors (Lipinski definition) is 2. The molecule has 0 unspecified atom stereocenters. The van der Waals surface area contributed by atoms with Crippen molar-refractivity contribution in [1.82, 2.24) is 4.98 Å². The summed E-state index contributed by atoms with van der Waals surface area (Å²) in [4.78, 5) is 3.98. The molecule has 2 aromatic heterocycles. The lowest BCUT2D eigenvalue weighted by molar-refractivity contribution is 1.30. The lowest BCUT2D eigenvalue weighted by Crippen LogP contribution is -1.73. The van der Waals surface area contributed by atoms with Crippen LogP contribution in [-0.2, 0) is 0 Å². The molecule has 2 heterocycles. The first-order chi connectivity index (χ1) is 6.43. The van der Waals surface area contributed by atoms with E-state index in [1.807, 2.05) is 41.1 Å². The van der Waals surface area contributed by atoms with Gasteiger partial charge in [0.15, 0.2) is 0 Å². The monoisotopic (exact) mass is 189 g/mol. The average Bonchev–Trinajstić information content (AvgIpc) is 2.77. The Morgan fingerprint density at radius 2 is 1.92 bits per heavy atom. The van der Waals surface area contributed by atoms with E-state index < -0.39 is 0 Å². The van der Waals surface area contributed by atoms with Crippen molar-refractivity contribution < 1.29 is 0 Å². The number of hydrogen-bond donors (Lipinski definition) is 0. The van der Waals surface area contributed by atoms with Crippen molar-refractivity contribution in [3.8, 4) is 0 Å². The van der Waals surface area contributed by atoms with Crippen LogP contribution in [0.3, 0.4) is 0 Å². The van der Waals surface area contributed by atoms with Crippen LogP contribution in [0.1, 0.15) is 5.69 Å². The Morgan fingerprint density at radius 3 is 2.23 bits per heavy atom. The summed E-state index contributed by atoms with van der Waals surface area (Å²) in [5, 5.41) is 4.08. The normalized spacial score (nSPS) is 8.31. The van der Waals surface area contributed by atoms with E-state index in [0.717, 1.165) is 5.69 Å². The van der Waals surface area contributed by atoms with Gasteiger partial charge in [-0.15, -0.1) is 0 Å². The molecule has 1 nitrogen and oxygen atoms in total. The Kier molecular flexibility index (Phi) is 4.57. The number of nitrogens with zero attached hydrogens (tertiary/aromatic N) is 1. The van der Waals surface area contributed by atoms with Crippen molar-refractivity contribution in [2.45, 2.75) is 0 Å². The fraction of sp³-hybridized carbons (Fsp3) is 0. The smallest absolute Gasteiger partial charge is 0.0623 e. The van der Waals surface area contributed by atoms with Gasteiger partial charge in [-0.05, 0) is 29.0 Å². The van der Waals surface area contributed by atoms with E-state index in [2.05, 4.69) is 11.6 Å². The van der Waals surface area contributed by atoms with Crippen LogP contribution < -0.4 is 0 Å². The van der Waals surface area contributed by atoms with Gasteiger partial charge in [-0.2, -0.15) is 11.3 Å². The zero-order valence-electron chi connectivity index (χ0n) is 7.26. The predicted octanol–water partition coefficient (Wildman–Crippen LogP) is 3.47. The fourth-order valence-electron chi connectivity index (χ4n) is 0.724. The zero-order chi connectivity index (χ0) is 9.36. The molecule has 0 aromatic carbocycles. The molecule has 0 N–H and O–H groups in total. The highest BCUT2D eigenvalue weighted by atomic mass is 32.1. The summed E-state index contributed by atoms with van der Waals surface area (Å²) in [6, 6.07) is 9.76. The minimum atomic E-state index is 0.924. The highest BCUT2D eigenvalue weighted by Gasteiger charge is 1.77. The second-order valence-electron chi connectivity index (χ2n) is 2.25. The molecular formula is C11H11NS. The van der Waals surface area contributed by atoms with E-state index >= 15 is 0 Å². The Hall–Kier alpha value is -1.41. The third-order valence-corrected chi connectivity index (χ3v) is 1.95. The Bertz CT molecular complexity index is 296. The maximum Gasteiger partial charge on any atom is 0.0623 e. The van der Waals surface area contributed by atoms with Gasteiger partial charge in [0.05, 0.1) is 5.69 Å². The molecule has 0 saturated carbocycles. The van der Waals surface area contributed by atoms with Crippen molar-refractivity contribution >= 4 is 17.4 Å². The summed E-state index contributed by atoms with van der Waals surface area (Å²) in [6.07, 6.45) is 3.47. The van der Waals surface area contributed by atoms with Crippen LogP contribution in [0.2, 0.25) is 0 Å². The zero-order valence-corrected chi connectivity index (χ0v) is 8.08. The minimum Gasteiger partial charge on any atom is -0.257 e. The summed E-state index contributed by atoms with van der Waals surface area (Å²) in [5.74, 6) is 0. The summed E-state index contributed by atoms with van der Waals surface area (Å²) in [6.45, 7) is 3.57. The van der Waals surface area contributed by atoms with Gasteiger partial charge in [-0.1, -0.05) is 24.8 Å². The van der Waals surface area contributed by atoms with Crippen LogP contribution in [0.25, 0.3) is 6.08 Å². The second kappa shape index (κ2) is 6.14. The Balaban J connectivity index is 0.000000145. The molecule has 0 amide bonds. The third-order valence-electron chi connectivity index (χ3n) is 1.32. The molecule has 2 heteroatoms. The summed E-state index contributed by atoms with van der Waals surface area (Å²) in [5.41, 5.74) is 0.924. The lowest BCUT2D eigenvalue weighted by Gasteiger charge is -1.84. The molecule has 0 bridgehead atoms. The fourth-order valence-corrected chi connectivity index (χ4v) is 1.18. The van der Waals surface area contributed by atoms with E-state index in [9.17, 15) is 0 Å². The summed E-state index contributed by atoms with van der Waals surface area (Å²) in [7, 11) is 0. The van der Waals surface area contributed by atoms with Crippen molar-refractivity contribution in [3.63, 3.8) is 0 Å². The van der Waals surface area contributed by atoms with Crippen LogP contribution >= 0.6 is 11.3 Å². The van der Waals surface area contributed by atoms with Crippen LogP contribution in [0.5, 0.6) is 0 Å². The number of pyridine rings is 1. The van der Waals surface area contributed by atoms with Gasteiger partial charge < -0.3 is 0 Å². The van der Waals surface area contributed by atoms with Gasteiger partial charge in [-0.3, -0.25) is 4.98 Å². The Labute approximate surface area is 82.4 Å². The van der Waals surface area contributed by atoms with Crippen molar-refractivity contribution in [1.29, 1.82) is 0 Å². The molecule has 0 fully saturated rings. The molecule has 0 spiro atoms. The van der Waals surface area contributed by atoms with E-state index in [1.54, 1.807) is 23.6 Å². The molecule has 2 rings (SSSR count). The molecule has 2 aromatic rings. The molecule has 13 heavy (non-hydrogen) atoms. The van der Waals surface area contributed by atoms with Gasteiger partial charge in [0.25, 0.3) is 0 Å². The van der Waals surface area contributed by atoms with Gasteiger partial charge in [0.2, 0.25) is 0 Å². The molecule has 0 aliphatic rings. The molecular weight excluding hydrogens is 178 g/mol. The Morgan fingerprint density at radius 1 is 1.15 bits per heavy atom. The van der Waals surface area contributed by atoms with Crippen LogP contribution in [0.4, 0.5) is 0 Å². The quantitative estimate of drug-likeness (QED) is 0.669.